The summed E-state index contributed by atoms with van der Waals surface area (Å²) < 4.78 is 18.2. The van der Waals surface area contributed by atoms with Gasteiger partial charge in [-0.2, -0.15) is 0 Å². The highest BCUT2D eigenvalue weighted by Gasteiger charge is 2.25. The predicted molar refractivity (Wildman–Crippen MR) is 153 cm³/mol. The number of carbonyl (C=O) groups is 2. The monoisotopic (exact) mass is 556 g/mol. The largest absolute Gasteiger partial charge is 0.515 e. The Morgan fingerprint density at radius 3 is 1.95 bits per heavy atom. The van der Waals surface area contributed by atoms with Crippen LogP contribution < -0.4 is 16.0 Å². The maximum atomic E-state index is 13.9. The van der Waals surface area contributed by atoms with Crippen LogP contribution in [0, 0.1) is 5.92 Å². The molecule has 3 aromatic carbocycles. The number of ether oxygens (including phenoxy) is 3. The summed E-state index contributed by atoms with van der Waals surface area (Å²) in [4.78, 5) is 52.5. The highest BCUT2D eigenvalue weighted by molar-refractivity contribution is 5.71. The molecule has 0 aliphatic carbocycles. The maximum absolute atomic E-state index is 13.9. The first kappa shape index (κ1) is 29.1. The Labute approximate surface area is 237 Å². The molecule has 0 amide bonds. The van der Waals surface area contributed by atoms with Gasteiger partial charge in [0.25, 0.3) is 5.56 Å². The molecule has 1 heterocycles. The zero-order valence-corrected chi connectivity index (χ0v) is 23.0. The molecule has 41 heavy (non-hydrogen) atoms. The zero-order chi connectivity index (χ0) is 29.2. The third-order valence-electron chi connectivity index (χ3n) is 6.55. The number of hydrogen-bond donors (Lipinski definition) is 0. The van der Waals surface area contributed by atoms with E-state index in [0.29, 0.717) is 12.1 Å². The van der Waals surface area contributed by atoms with E-state index >= 15 is 0 Å². The van der Waals surface area contributed by atoms with E-state index in [1.165, 1.54) is 4.57 Å². The van der Waals surface area contributed by atoms with Gasteiger partial charge in [0.05, 0.1) is 23.7 Å². The quantitative estimate of drug-likeness (QED) is 0.194. The predicted octanol–water partition coefficient (Wildman–Crippen LogP) is 4.74. The Morgan fingerprint density at radius 2 is 1.34 bits per heavy atom. The van der Waals surface area contributed by atoms with Gasteiger partial charge >= 0.3 is 17.8 Å². The summed E-state index contributed by atoms with van der Waals surface area (Å²) >= 11 is 0. The van der Waals surface area contributed by atoms with Gasteiger partial charge in [-0.3, -0.25) is 14.2 Å². The molecule has 0 bridgehead atoms. The van der Waals surface area contributed by atoms with Gasteiger partial charge in [-0.1, -0.05) is 92.7 Å². The van der Waals surface area contributed by atoms with Crippen molar-refractivity contribution in [3.63, 3.8) is 0 Å². The zero-order valence-electron chi connectivity index (χ0n) is 23.0. The van der Waals surface area contributed by atoms with E-state index in [1.807, 2.05) is 67.6 Å². The van der Waals surface area contributed by atoms with Crippen LogP contribution in [0.15, 0.2) is 101 Å². The number of carbonyl (C=O) groups excluding carboxylic acids is 2. The van der Waals surface area contributed by atoms with Crippen molar-refractivity contribution in [1.29, 1.82) is 0 Å². The van der Waals surface area contributed by atoms with E-state index < -0.39 is 23.4 Å². The fourth-order valence-electron chi connectivity index (χ4n) is 4.15. The first-order valence-corrected chi connectivity index (χ1v) is 13.4. The molecule has 4 rings (SSSR count). The van der Waals surface area contributed by atoms with Crippen LogP contribution in [0.3, 0.4) is 0 Å². The molecule has 9 heteroatoms. The number of nitrogens with zero attached hydrogens (tertiary/aromatic N) is 2. The van der Waals surface area contributed by atoms with Crippen molar-refractivity contribution in [2.45, 2.75) is 33.2 Å². The van der Waals surface area contributed by atoms with Crippen LogP contribution in [0.1, 0.15) is 37.0 Å². The lowest BCUT2D eigenvalue weighted by atomic mass is 10.1. The summed E-state index contributed by atoms with van der Waals surface area (Å²) in [5.41, 5.74) is 0.747. The van der Waals surface area contributed by atoms with E-state index in [9.17, 15) is 19.2 Å². The molecule has 0 spiro atoms. The molecule has 1 unspecified atom stereocenters. The van der Waals surface area contributed by atoms with Gasteiger partial charge in [-0.05, 0) is 29.7 Å². The molecular weight excluding hydrogens is 524 g/mol. The molecule has 1 atom stereocenters. The molecule has 0 radical (unpaired) electrons. The van der Waals surface area contributed by atoms with Crippen LogP contribution in [0.4, 0.5) is 4.79 Å². The number of benzene rings is 3. The SMILES string of the molecule is CCC(C)C(=O)OCCOC(=O)Oc1c(Cc2ccccc2)c(=O)n(-c2ccccc2)c(=O)n1Cc1ccccc1. The van der Waals surface area contributed by atoms with Crippen molar-refractivity contribution in [3.05, 3.63) is 129 Å². The molecule has 4 aromatic rings. The Kier molecular flexibility index (Phi) is 9.88. The molecule has 212 valence electrons. The van der Waals surface area contributed by atoms with Gasteiger partial charge in [0.1, 0.15) is 13.2 Å². The summed E-state index contributed by atoms with van der Waals surface area (Å²) in [6, 6.07) is 26.9. The third-order valence-corrected chi connectivity index (χ3v) is 6.55. The van der Waals surface area contributed by atoms with Crippen LogP contribution in [0.2, 0.25) is 0 Å². The third kappa shape index (κ3) is 7.39. The molecule has 9 nitrogen and oxygen atoms in total. The summed E-state index contributed by atoms with van der Waals surface area (Å²) in [6.45, 7) is 3.24. The van der Waals surface area contributed by atoms with Crippen LogP contribution in [-0.4, -0.2) is 34.5 Å². The minimum absolute atomic E-state index is 0.0315. The van der Waals surface area contributed by atoms with Crippen LogP contribution >= 0.6 is 0 Å². The highest BCUT2D eigenvalue weighted by atomic mass is 16.7. The number of hydrogen-bond acceptors (Lipinski definition) is 7. The van der Waals surface area contributed by atoms with E-state index in [1.54, 1.807) is 37.3 Å². The lowest BCUT2D eigenvalue weighted by Gasteiger charge is -2.19. The second kappa shape index (κ2) is 13.9. The van der Waals surface area contributed by atoms with Crippen molar-refractivity contribution >= 4 is 12.1 Å². The average Bonchev–Trinajstić information content (AvgIpc) is 3.00. The van der Waals surface area contributed by atoms with Gasteiger partial charge in [0.2, 0.25) is 5.88 Å². The molecule has 1 aromatic heterocycles. The van der Waals surface area contributed by atoms with Crippen molar-refractivity contribution in [3.8, 4) is 11.6 Å². The minimum atomic E-state index is -1.13. The van der Waals surface area contributed by atoms with Gasteiger partial charge in [0.15, 0.2) is 0 Å². The Hall–Kier alpha value is -4.92. The van der Waals surface area contributed by atoms with Crippen molar-refractivity contribution < 1.29 is 23.8 Å². The second-order valence-corrected chi connectivity index (χ2v) is 9.45. The Balaban J connectivity index is 1.75. The molecule has 0 saturated heterocycles. The summed E-state index contributed by atoms with van der Waals surface area (Å²) in [5, 5.41) is 0. The van der Waals surface area contributed by atoms with Crippen LogP contribution in [-0.2, 0) is 27.2 Å². The lowest BCUT2D eigenvalue weighted by Crippen LogP contribution is -2.42. The van der Waals surface area contributed by atoms with E-state index in [2.05, 4.69) is 0 Å². The molecule has 0 N–H and O–H groups in total. The summed E-state index contributed by atoms with van der Waals surface area (Å²) in [5.74, 6) is -0.872. The van der Waals surface area contributed by atoms with Gasteiger partial charge in [-0.15, -0.1) is 0 Å². The maximum Gasteiger partial charge on any atom is 0.515 e. The highest BCUT2D eigenvalue weighted by Crippen LogP contribution is 2.21. The van der Waals surface area contributed by atoms with Crippen molar-refractivity contribution in [2.75, 3.05) is 13.2 Å². The fourth-order valence-corrected chi connectivity index (χ4v) is 4.15. The average molecular weight is 557 g/mol. The van der Waals surface area contributed by atoms with E-state index in [4.69, 9.17) is 14.2 Å². The first-order chi connectivity index (χ1) is 19.9. The Bertz CT molecular complexity index is 1500. The fraction of sp³-hybridized carbons (Fsp3) is 0.250. The molecule has 0 aliphatic rings. The molecular formula is C32H32N2O7. The van der Waals surface area contributed by atoms with E-state index in [-0.39, 0.29) is 43.5 Å². The topological polar surface area (TPSA) is 106 Å². The van der Waals surface area contributed by atoms with Gasteiger partial charge in [0, 0.05) is 6.42 Å². The minimum Gasteiger partial charge on any atom is -0.462 e. The molecule has 0 aliphatic heterocycles. The standard InChI is InChI=1S/C32H32N2O7/c1-3-23(2)30(36)39-19-20-40-32(38)41-29-27(21-24-13-7-4-8-14-24)28(35)34(26-17-11-6-12-18-26)31(37)33(29)22-25-15-9-5-10-16-25/h4-18,23H,3,19-22H2,1-2H3. The number of rotatable bonds is 11. The summed E-state index contributed by atoms with van der Waals surface area (Å²) in [6.07, 6.45) is -0.409. The Morgan fingerprint density at radius 1 is 0.780 bits per heavy atom. The number of esters is 1. The molecule has 0 saturated carbocycles. The van der Waals surface area contributed by atoms with Crippen LogP contribution in [0.5, 0.6) is 5.88 Å². The number of aromatic nitrogens is 2. The number of para-hydroxylation sites is 1. The normalized spacial score (nSPS) is 11.5. The lowest BCUT2D eigenvalue weighted by molar-refractivity contribution is -0.149. The van der Waals surface area contributed by atoms with Gasteiger partial charge in [-0.25, -0.2) is 14.2 Å². The smallest absolute Gasteiger partial charge is 0.462 e. The first-order valence-electron chi connectivity index (χ1n) is 13.4. The summed E-state index contributed by atoms with van der Waals surface area (Å²) in [7, 11) is 0. The van der Waals surface area contributed by atoms with Crippen molar-refractivity contribution in [1.82, 2.24) is 9.13 Å². The molecule has 0 fully saturated rings. The second-order valence-electron chi connectivity index (χ2n) is 9.45. The van der Waals surface area contributed by atoms with E-state index in [0.717, 1.165) is 15.7 Å². The van der Waals surface area contributed by atoms with Crippen molar-refractivity contribution in [2.24, 2.45) is 5.92 Å². The van der Waals surface area contributed by atoms with Crippen LogP contribution in [0.25, 0.3) is 5.69 Å². The van der Waals surface area contributed by atoms with Gasteiger partial charge < -0.3 is 14.2 Å².